The molecule has 0 aliphatic heterocycles. The van der Waals surface area contributed by atoms with Crippen molar-refractivity contribution < 1.29 is 14.7 Å². The highest BCUT2D eigenvalue weighted by molar-refractivity contribution is 5.94. The Morgan fingerprint density at radius 3 is 2.33 bits per heavy atom. The van der Waals surface area contributed by atoms with E-state index in [2.05, 4.69) is 4.98 Å². The number of carbonyl (C=O) groups is 2. The molecule has 1 N–H and O–H groups in total. The van der Waals surface area contributed by atoms with Gasteiger partial charge in [-0.05, 0) is 24.6 Å². The van der Waals surface area contributed by atoms with Crippen molar-refractivity contribution in [2.45, 2.75) is 13.5 Å². The number of hydrogen-bond donors (Lipinski definition) is 1. The number of nitrogens with zero attached hydrogens (tertiary/aromatic N) is 2. The average Bonchev–Trinajstić information content (AvgIpc) is 2.49. The summed E-state index contributed by atoms with van der Waals surface area (Å²) in [6.07, 6.45) is 0. The van der Waals surface area contributed by atoms with Crippen LogP contribution >= 0.6 is 0 Å². The van der Waals surface area contributed by atoms with Crippen LogP contribution in [0.15, 0.2) is 42.5 Å². The molecule has 1 heterocycles. The molecule has 1 aromatic carbocycles. The molecule has 5 heteroatoms. The maximum Gasteiger partial charge on any atom is 0.354 e. The van der Waals surface area contributed by atoms with Gasteiger partial charge in [-0.1, -0.05) is 35.9 Å². The normalized spacial score (nSPS) is 10.2. The van der Waals surface area contributed by atoms with Gasteiger partial charge < -0.3 is 10.0 Å². The van der Waals surface area contributed by atoms with Crippen molar-refractivity contribution in [3.05, 3.63) is 65.0 Å². The van der Waals surface area contributed by atoms with Crippen LogP contribution in [0.1, 0.15) is 32.1 Å². The van der Waals surface area contributed by atoms with Crippen LogP contribution in [0.3, 0.4) is 0 Å². The minimum absolute atomic E-state index is 0.129. The van der Waals surface area contributed by atoms with E-state index < -0.39 is 5.97 Å². The van der Waals surface area contributed by atoms with Crippen LogP contribution in [0.2, 0.25) is 0 Å². The Morgan fingerprint density at radius 2 is 1.71 bits per heavy atom. The zero-order chi connectivity index (χ0) is 15.4. The van der Waals surface area contributed by atoms with E-state index in [1.54, 1.807) is 7.05 Å². The third kappa shape index (κ3) is 3.66. The lowest BCUT2D eigenvalue weighted by Crippen LogP contribution is -2.27. The maximum atomic E-state index is 12.3. The molecular formula is C16H16N2O3. The summed E-state index contributed by atoms with van der Waals surface area (Å²) in [7, 11) is 1.66. The van der Waals surface area contributed by atoms with Crippen molar-refractivity contribution in [2.75, 3.05) is 7.05 Å². The number of carboxylic acid groups (broad SMARTS) is 1. The molecule has 5 nitrogen and oxygen atoms in total. The lowest BCUT2D eigenvalue weighted by Gasteiger charge is -2.17. The number of aromatic carboxylic acids is 1. The summed E-state index contributed by atoms with van der Waals surface area (Å²) in [4.78, 5) is 28.5. The molecule has 1 amide bonds. The second-order valence-electron chi connectivity index (χ2n) is 4.86. The fraction of sp³-hybridized carbons (Fsp3) is 0.188. The molecule has 1 aromatic heterocycles. The smallest absolute Gasteiger partial charge is 0.354 e. The third-order valence-corrected chi connectivity index (χ3v) is 3.07. The Morgan fingerprint density at radius 1 is 1.10 bits per heavy atom. The van der Waals surface area contributed by atoms with Crippen molar-refractivity contribution in [1.29, 1.82) is 0 Å². The molecule has 108 valence electrons. The predicted octanol–water partition coefficient (Wildman–Crippen LogP) is 2.36. The fourth-order valence-corrected chi connectivity index (χ4v) is 1.91. The summed E-state index contributed by atoms with van der Waals surface area (Å²) in [5.41, 5.74) is 2.16. The maximum absolute atomic E-state index is 12.3. The zero-order valence-corrected chi connectivity index (χ0v) is 11.9. The Balaban J connectivity index is 2.13. The van der Waals surface area contributed by atoms with Crippen LogP contribution in [0.5, 0.6) is 0 Å². The molecule has 0 atom stereocenters. The SMILES string of the molecule is Cc1ccc(CN(C)C(=O)c2cccc(C(=O)O)n2)cc1. The summed E-state index contributed by atoms with van der Waals surface area (Å²) in [6.45, 7) is 2.44. The second kappa shape index (κ2) is 6.17. The zero-order valence-electron chi connectivity index (χ0n) is 11.9. The van der Waals surface area contributed by atoms with Crippen molar-refractivity contribution >= 4 is 11.9 Å². The molecule has 0 saturated carbocycles. The predicted molar refractivity (Wildman–Crippen MR) is 78.2 cm³/mol. The minimum Gasteiger partial charge on any atom is -0.477 e. The second-order valence-corrected chi connectivity index (χ2v) is 4.86. The van der Waals surface area contributed by atoms with Gasteiger partial charge in [0.2, 0.25) is 0 Å². The quantitative estimate of drug-likeness (QED) is 0.935. The lowest BCUT2D eigenvalue weighted by molar-refractivity contribution is 0.0690. The number of aryl methyl sites for hydroxylation is 1. The van der Waals surface area contributed by atoms with E-state index in [1.165, 1.54) is 23.1 Å². The van der Waals surface area contributed by atoms with Crippen LogP contribution < -0.4 is 0 Å². The molecule has 2 rings (SSSR count). The van der Waals surface area contributed by atoms with Crippen molar-refractivity contribution in [3.8, 4) is 0 Å². The lowest BCUT2D eigenvalue weighted by atomic mass is 10.1. The van der Waals surface area contributed by atoms with Gasteiger partial charge in [-0.25, -0.2) is 9.78 Å². The summed E-state index contributed by atoms with van der Waals surface area (Å²) in [5.74, 6) is -1.45. The van der Waals surface area contributed by atoms with E-state index in [4.69, 9.17) is 5.11 Å². The van der Waals surface area contributed by atoms with Crippen molar-refractivity contribution in [1.82, 2.24) is 9.88 Å². The van der Waals surface area contributed by atoms with Crippen LogP contribution in [-0.4, -0.2) is 33.9 Å². The van der Waals surface area contributed by atoms with Crippen LogP contribution in [0.25, 0.3) is 0 Å². The molecule has 0 spiro atoms. The van der Waals surface area contributed by atoms with E-state index in [-0.39, 0.29) is 17.3 Å². The molecule has 0 radical (unpaired) electrons. The number of benzene rings is 1. The number of amides is 1. The highest BCUT2D eigenvalue weighted by Crippen LogP contribution is 2.09. The third-order valence-electron chi connectivity index (χ3n) is 3.07. The largest absolute Gasteiger partial charge is 0.477 e. The first-order valence-corrected chi connectivity index (χ1v) is 6.49. The van der Waals surface area contributed by atoms with E-state index in [0.29, 0.717) is 6.54 Å². The van der Waals surface area contributed by atoms with E-state index in [0.717, 1.165) is 11.1 Å². The average molecular weight is 284 g/mol. The molecule has 0 aliphatic rings. The number of aromatic nitrogens is 1. The number of carbonyl (C=O) groups excluding carboxylic acids is 1. The van der Waals surface area contributed by atoms with Crippen LogP contribution in [0.4, 0.5) is 0 Å². The van der Waals surface area contributed by atoms with Gasteiger partial charge in [0.15, 0.2) is 0 Å². The first-order valence-electron chi connectivity index (χ1n) is 6.49. The van der Waals surface area contributed by atoms with Gasteiger partial charge in [0.1, 0.15) is 11.4 Å². The van der Waals surface area contributed by atoms with Gasteiger partial charge in [0.05, 0.1) is 0 Å². The minimum atomic E-state index is -1.15. The molecule has 21 heavy (non-hydrogen) atoms. The van der Waals surface area contributed by atoms with Crippen molar-refractivity contribution in [3.63, 3.8) is 0 Å². The Labute approximate surface area is 122 Å². The fourth-order valence-electron chi connectivity index (χ4n) is 1.91. The Bertz CT molecular complexity index is 665. The molecule has 0 saturated heterocycles. The molecule has 0 fully saturated rings. The number of carboxylic acids is 1. The monoisotopic (exact) mass is 284 g/mol. The van der Waals surface area contributed by atoms with E-state index in [1.807, 2.05) is 31.2 Å². The molecule has 0 unspecified atom stereocenters. The summed E-state index contributed by atoms with van der Waals surface area (Å²) < 4.78 is 0. The first kappa shape index (κ1) is 14.7. The van der Waals surface area contributed by atoms with Gasteiger partial charge in [-0.2, -0.15) is 0 Å². The van der Waals surface area contributed by atoms with Gasteiger partial charge in [0.25, 0.3) is 5.91 Å². The summed E-state index contributed by atoms with van der Waals surface area (Å²) in [6, 6.07) is 12.3. The number of pyridine rings is 1. The Hall–Kier alpha value is -2.69. The van der Waals surface area contributed by atoms with E-state index in [9.17, 15) is 9.59 Å². The number of hydrogen-bond acceptors (Lipinski definition) is 3. The van der Waals surface area contributed by atoms with Gasteiger partial charge in [0, 0.05) is 13.6 Å². The number of rotatable bonds is 4. The van der Waals surface area contributed by atoms with E-state index >= 15 is 0 Å². The summed E-state index contributed by atoms with van der Waals surface area (Å²) in [5, 5.41) is 8.90. The van der Waals surface area contributed by atoms with Crippen LogP contribution in [-0.2, 0) is 6.54 Å². The van der Waals surface area contributed by atoms with Crippen LogP contribution in [0, 0.1) is 6.92 Å². The Kier molecular flexibility index (Phi) is 4.33. The molecular weight excluding hydrogens is 268 g/mol. The topological polar surface area (TPSA) is 70.5 Å². The van der Waals surface area contributed by atoms with Gasteiger partial charge >= 0.3 is 5.97 Å². The van der Waals surface area contributed by atoms with Crippen molar-refractivity contribution in [2.24, 2.45) is 0 Å². The molecule has 0 bridgehead atoms. The standard InChI is InChI=1S/C16H16N2O3/c1-11-6-8-12(9-7-11)10-18(2)15(19)13-4-3-5-14(17-13)16(20)21/h3-9H,10H2,1-2H3,(H,20,21). The van der Waals surface area contributed by atoms with Gasteiger partial charge in [-0.3, -0.25) is 4.79 Å². The highest BCUT2D eigenvalue weighted by Gasteiger charge is 2.15. The van der Waals surface area contributed by atoms with Gasteiger partial charge in [-0.15, -0.1) is 0 Å². The molecule has 2 aromatic rings. The molecule has 0 aliphatic carbocycles. The summed E-state index contributed by atoms with van der Waals surface area (Å²) >= 11 is 0. The first-order chi connectivity index (χ1) is 9.97. The highest BCUT2D eigenvalue weighted by atomic mass is 16.4.